The lowest BCUT2D eigenvalue weighted by atomic mass is 9.83. The number of aliphatic hydroxyl groups is 2. The molecule has 5 aromatic rings. The van der Waals surface area contributed by atoms with E-state index in [1.807, 2.05) is 0 Å². The minimum atomic E-state index is -5.67. The van der Waals surface area contributed by atoms with Crippen LogP contribution in [0.15, 0.2) is 127 Å². The van der Waals surface area contributed by atoms with Gasteiger partial charge in [0, 0.05) is 24.2 Å². The van der Waals surface area contributed by atoms with Crippen LogP contribution in [0.1, 0.15) is 69.0 Å². The third-order valence-electron chi connectivity index (χ3n) is 10.5. The highest BCUT2D eigenvalue weighted by molar-refractivity contribution is 6.01. The molecule has 2 unspecified atom stereocenters. The fraction of sp³-hybridized carbons (Fsp3) is 0.255. The van der Waals surface area contributed by atoms with Gasteiger partial charge in [0.2, 0.25) is 0 Å². The SMILES string of the molecule is Nc1cc(N)cc(C(C(O)C(=O)/C=C/c2ccc(C(=O)Oc3ccc(OCCCC(F)(F)C(F)(F)F)cc3)cc2)C(O)C(=O)/C=C/c2ccc(C(=O)Oc3ccc(OCCCC(F)(F)C(F)(F)F)cc3)cc2)c1. The van der Waals surface area contributed by atoms with Gasteiger partial charge in [-0.25, -0.2) is 9.59 Å². The molecule has 0 aliphatic rings. The van der Waals surface area contributed by atoms with Crippen LogP contribution in [-0.2, 0) is 9.59 Å². The summed E-state index contributed by atoms with van der Waals surface area (Å²) in [5, 5.41) is 22.6. The third kappa shape index (κ3) is 16.1. The minimum absolute atomic E-state index is 0.0514. The summed E-state index contributed by atoms with van der Waals surface area (Å²) in [6, 6.07) is 25.7. The Kier molecular flexibility index (Phi) is 18.6. The fourth-order valence-electron chi connectivity index (χ4n) is 6.59. The number of benzene rings is 5. The number of aliphatic hydroxyl groups excluding tert-OH is 2. The van der Waals surface area contributed by atoms with Gasteiger partial charge in [-0.05, 0) is 133 Å². The van der Waals surface area contributed by atoms with Gasteiger partial charge in [-0.3, -0.25) is 9.59 Å². The summed E-state index contributed by atoms with van der Waals surface area (Å²) >= 11 is 0. The molecule has 0 fully saturated rings. The number of halogens is 10. The van der Waals surface area contributed by atoms with Crippen LogP contribution in [0.2, 0.25) is 0 Å². The zero-order valence-electron chi connectivity index (χ0n) is 37.8. The minimum Gasteiger partial charge on any atom is -0.494 e. The van der Waals surface area contributed by atoms with Gasteiger partial charge >= 0.3 is 36.1 Å². The molecule has 12 nitrogen and oxygen atoms in total. The van der Waals surface area contributed by atoms with Crippen molar-refractivity contribution in [2.75, 3.05) is 24.7 Å². The van der Waals surface area contributed by atoms with Gasteiger partial charge in [-0.2, -0.15) is 43.9 Å². The quantitative estimate of drug-likeness (QED) is 0.0121. The molecule has 22 heteroatoms. The first kappa shape index (κ1) is 56.2. The standard InChI is InChI=1S/C51H44F10N2O10/c52-48(53,50(56,57)58)23-1-25-70-37-13-17-39(18-14-37)72-46(68)32-9-3-30(4-10-32)7-21-41(64)44(66)43(34-27-35(62)29-36(63)28-34)45(67)42(65)22-8-31-5-11-33(12-6-31)47(69)73-40-19-15-38(16-20-40)71-26-2-24-49(54,55)51(59,60)61/h3-22,27-29,43-45,66-67H,1-2,23-26,62-63H2/b21-7+,22-8+. The molecule has 5 aromatic carbocycles. The largest absolute Gasteiger partial charge is 0.494 e. The van der Waals surface area contributed by atoms with E-state index in [0.29, 0.717) is 11.1 Å². The molecule has 6 N–H and O–H groups in total. The summed E-state index contributed by atoms with van der Waals surface area (Å²) < 4.78 is 147. The molecule has 2 atom stereocenters. The van der Waals surface area contributed by atoms with Crippen molar-refractivity contribution in [2.45, 2.75) is 68.0 Å². The Morgan fingerprint density at radius 2 is 0.822 bits per heavy atom. The Morgan fingerprint density at radius 3 is 1.15 bits per heavy atom. The molecule has 0 radical (unpaired) electrons. The predicted octanol–water partition coefficient (Wildman–Crippen LogP) is 10.4. The lowest BCUT2D eigenvalue weighted by Crippen LogP contribution is -2.38. The number of ether oxygens (including phenoxy) is 4. The Balaban J connectivity index is 1.15. The number of nitrogen functional groups attached to an aromatic ring is 2. The number of carbonyl (C=O) groups is 4. The van der Waals surface area contributed by atoms with Crippen LogP contribution in [0, 0.1) is 0 Å². The molecule has 0 saturated carbocycles. The molecule has 0 saturated heterocycles. The average Bonchev–Trinajstić information content (AvgIpc) is 3.33. The van der Waals surface area contributed by atoms with Crippen molar-refractivity contribution in [2.24, 2.45) is 0 Å². The molecule has 0 aliphatic carbocycles. The molecule has 0 spiro atoms. The predicted molar refractivity (Wildman–Crippen MR) is 245 cm³/mol. The number of anilines is 2. The van der Waals surface area contributed by atoms with Gasteiger partial charge in [0.1, 0.15) is 35.2 Å². The molecule has 0 bridgehead atoms. The smallest absolute Gasteiger partial charge is 0.453 e. The Morgan fingerprint density at radius 1 is 0.493 bits per heavy atom. The number of carbonyl (C=O) groups excluding carboxylic acids is 4. The van der Waals surface area contributed by atoms with Crippen LogP contribution in [-0.4, -0.2) is 83.3 Å². The third-order valence-corrected chi connectivity index (χ3v) is 10.5. The van der Waals surface area contributed by atoms with E-state index in [1.54, 1.807) is 0 Å². The first-order valence-corrected chi connectivity index (χ1v) is 21.7. The highest BCUT2D eigenvalue weighted by Crippen LogP contribution is 2.40. The first-order valence-electron chi connectivity index (χ1n) is 21.7. The van der Waals surface area contributed by atoms with Crippen LogP contribution >= 0.6 is 0 Å². The first-order chi connectivity index (χ1) is 34.2. The molecular weight excluding hydrogens is 991 g/mol. The van der Waals surface area contributed by atoms with Crippen LogP contribution < -0.4 is 30.4 Å². The summed E-state index contributed by atoms with van der Waals surface area (Å²) in [5.74, 6) is -14.4. The van der Waals surface area contributed by atoms with E-state index < -0.39 is 105 Å². The number of esters is 2. The van der Waals surface area contributed by atoms with E-state index in [2.05, 4.69) is 0 Å². The second kappa shape index (κ2) is 24.1. The fourth-order valence-corrected chi connectivity index (χ4v) is 6.59. The van der Waals surface area contributed by atoms with Gasteiger partial charge in [0.15, 0.2) is 11.6 Å². The Bertz CT molecular complexity index is 2560. The summed E-state index contributed by atoms with van der Waals surface area (Å²) in [6.07, 6.45) is -14.9. The van der Waals surface area contributed by atoms with E-state index in [4.69, 9.17) is 30.4 Å². The second-order valence-corrected chi connectivity index (χ2v) is 16.1. The van der Waals surface area contributed by atoms with Crippen LogP contribution in [0.4, 0.5) is 55.3 Å². The van der Waals surface area contributed by atoms with Gasteiger partial charge in [0.25, 0.3) is 0 Å². The van der Waals surface area contributed by atoms with Crippen molar-refractivity contribution < 1.29 is 92.2 Å². The maximum Gasteiger partial charge on any atom is 0.453 e. The second-order valence-electron chi connectivity index (χ2n) is 16.1. The lowest BCUT2D eigenvalue weighted by Gasteiger charge is -2.26. The van der Waals surface area contributed by atoms with Crippen LogP contribution in [0.5, 0.6) is 23.0 Å². The normalized spacial score (nSPS) is 13.6. The number of rotatable bonds is 23. The van der Waals surface area contributed by atoms with Crippen LogP contribution in [0.3, 0.4) is 0 Å². The van der Waals surface area contributed by atoms with Gasteiger partial charge in [-0.1, -0.05) is 36.4 Å². The summed E-state index contributed by atoms with van der Waals surface area (Å²) in [4.78, 5) is 52.3. The molecule has 388 valence electrons. The highest BCUT2D eigenvalue weighted by Gasteiger charge is 2.57. The molecule has 0 aromatic heterocycles. The van der Waals surface area contributed by atoms with Crippen molar-refractivity contribution in [1.82, 2.24) is 0 Å². The van der Waals surface area contributed by atoms with Gasteiger partial charge in [-0.15, -0.1) is 0 Å². The molecule has 0 aliphatic heterocycles. The number of hydrogen-bond acceptors (Lipinski definition) is 12. The monoisotopic (exact) mass is 1030 g/mol. The van der Waals surface area contributed by atoms with Crippen molar-refractivity contribution >= 4 is 47.0 Å². The summed E-state index contributed by atoms with van der Waals surface area (Å²) in [5.41, 5.74) is 13.0. The van der Waals surface area contributed by atoms with E-state index >= 15 is 0 Å². The lowest BCUT2D eigenvalue weighted by molar-refractivity contribution is -0.284. The van der Waals surface area contributed by atoms with Crippen molar-refractivity contribution in [3.8, 4) is 23.0 Å². The molecule has 5 rings (SSSR count). The molecular formula is C51H44F10N2O10. The number of alkyl halides is 10. The zero-order valence-corrected chi connectivity index (χ0v) is 37.8. The van der Waals surface area contributed by atoms with E-state index in [-0.39, 0.29) is 51.1 Å². The molecule has 0 heterocycles. The van der Waals surface area contributed by atoms with Crippen molar-refractivity contribution in [3.63, 3.8) is 0 Å². The molecule has 73 heavy (non-hydrogen) atoms. The van der Waals surface area contributed by atoms with E-state index in [0.717, 1.165) is 12.2 Å². The summed E-state index contributed by atoms with van der Waals surface area (Å²) in [7, 11) is 0. The zero-order chi connectivity index (χ0) is 53.7. The van der Waals surface area contributed by atoms with Gasteiger partial charge in [0.05, 0.1) is 30.3 Å². The Hall–Kier alpha value is -7.72. The number of nitrogens with two attached hydrogens (primary N) is 2. The topological polar surface area (TPSA) is 198 Å². The maximum atomic E-state index is 13.4. The number of hydrogen-bond donors (Lipinski definition) is 4. The number of ketones is 2. The average molecular weight is 1030 g/mol. The van der Waals surface area contributed by atoms with Crippen molar-refractivity contribution in [1.29, 1.82) is 0 Å². The maximum absolute atomic E-state index is 13.4. The van der Waals surface area contributed by atoms with Gasteiger partial charge < -0.3 is 40.6 Å². The molecule has 0 amide bonds. The highest BCUT2D eigenvalue weighted by atomic mass is 19.4. The van der Waals surface area contributed by atoms with E-state index in [9.17, 15) is 73.3 Å². The Labute approximate surface area is 409 Å². The van der Waals surface area contributed by atoms with Crippen molar-refractivity contribution in [3.05, 3.63) is 155 Å². The van der Waals surface area contributed by atoms with E-state index in [1.165, 1.54) is 127 Å². The summed E-state index contributed by atoms with van der Waals surface area (Å²) in [6.45, 7) is -0.847. The van der Waals surface area contributed by atoms with Crippen LogP contribution in [0.25, 0.3) is 12.2 Å².